The van der Waals surface area contributed by atoms with E-state index in [-0.39, 0.29) is 17.6 Å². The normalized spacial score (nSPS) is 22.5. The molecule has 0 saturated heterocycles. The van der Waals surface area contributed by atoms with Gasteiger partial charge in [-0.1, -0.05) is 63.5 Å². The highest BCUT2D eigenvalue weighted by molar-refractivity contribution is 5.95. The quantitative estimate of drug-likeness (QED) is 0.489. The molecule has 0 aliphatic heterocycles. The Kier molecular flexibility index (Phi) is 11.1. The van der Waals surface area contributed by atoms with Gasteiger partial charge in [-0.05, 0) is 37.7 Å². The molecule has 0 aromatic carbocycles. The Bertz CT molecular complexity index is 518. The van der Waals surface area contributed by atoms with Crippen LogP contribution in [0.5, 0.6) is 0 Å². The lowest BCUT2D eigenvalue weighted by Gasteiger charge is -2.13. The molecule has 0 saturated carbocycles. The van der Waals surface area contributed by atoms with Crippen molar-refractivity contribution in [1.29, 1.82) is 0 Å². The maximum atomic E-state index is 12.1. The van der Waals surface area contributed by atoms with Gasteiger partial charge in [0.05, 0.1) is 0 Å². The number of ketones is 2. The number of allylic oxidation sites excluding steroid dienone is 6. The van der Waals surface area contributed by atoms with Crippen LogP contribution in [0.3, 0.4) is 0 Å². The van der Waals surface area contributed by atoms with E-state index in [9.17, 15) is 14.7 Å². The molecule has 0 fully saturated rings. The lowest BCUT2D eigenvalue weighted by molar-refractivity contribution is -0.130. The summed E-state index contributed by atoms with van der Waals surface area (Å²) in [5, 5.41) is 18.2. The van der Waals surface area contributed by atoms with Crippen molar-refractivity contribution in [2.75, 3.05) is 6.61 Å². The maximum absolute atomic E-state index is 12.1. The molecule has 0 bridgehead atoms. The van der Waals surface area contributed by atoms with Crippen molar-refractivity contribution in [3.8, 4) is 0 Å². The fourth-order valence-electron chi connectivity index (χ4n) is 3.14. The third-order valence-corrected chi connectivity index (χ3v) is 4.95. The summed E-state index contributed by atoms with van der Waals surface area (Å²) in [5.74, 6) is 0.411. The molecule has 2 N–H and O–H groups in total. The van der Waals surface area contributed by atoms with Gasteiger partial charge in [0, 0.05) is 11.8 Å². The van der Waals surface area contributed by atoms with Crippen LogP contribution in [0.25, 0.3) is 0 Å². The molecule has 4 heteroatoms. The van der Waals surface area contributed by atoms with Crippen molar-refractivity contribution in [2.45, 2.75) is 64.9 Å². The van der Waals surface area contributed by atoms with E-state index in [4.69, 9.17) is 5.11 Å². The van der Waals surface area contributed by atoms with E-state index in [1.54, 1.807) is 6.08 Å². The van der Waals surface area contributed by atoms with Gasteiger partial charge >= 0.3 is 0 Å². The number of Topliss-reactive ketones (excluding diaryl/α,β-unsaturated/α-hetero) is 1. The van der Waals surface area contributed by atoms with Crippen molar-refractivity contribution in [2.24, 2.45) is 17.8 Å². The van der Waals surface area contributed by atoms with E-state index in [1.165, 1.54) is 19.3 Å². The standard InChI is InChI=1S/C22H34O4/c1-3-4-9-17(2)10-8-11-18-14-15-20(24)19(18)12-6-5-7-13-21(25)22(26)16-23/h5-6,8,11,14-15,17-19,21,23,25H,3-4,7,9-10,12-13,16H2,1-2H3/b6-5-,11-8+/t17?,18-,19+,21?/m0/s1. The molecule has 1 aliphatic carbocycles. The zero-order chi connectivity index (χ0) is 19.4. The zero-order valence-electron chi connectivity index (χ0n) is 16.1. The average Bonchev–Trinajstić information content (AvgIpc) is 2.98. The lowest BCUT2D eigenvalue weighted by Crippen LogP contribution is -2.22. The summed E-state index contributed by atoms with van der Waals surface area (Å²) < 4.78 is 0. The van der Waals surface area contributed by atoms with Crippen LogP contribution in [-0.2, 0) is 9.59 Å². The van der Waals surface area contributed by atoms with Crippen LogP contribution in [0.2, 0.25) is 0 Å². The molecule has 0 amide bonds. The Morgan fingerprint density at radius 1 is 1.27 bits per heavy atom. The smallest absolute Gasteiger partial charge is 0.186 e. The molecule has 2 unspecified atom stereocenters. The minimum absolute atomic E-state index is 0.0440. The molecular formula is C22H34O4. The summed E-state index contributed by atoms with van der Waals surface area (Å²) in [4.78, 5) is 23.1. The fourth-order valence-corrected chi connectivity index (χ4v) is 3.14. The van der Waals surface area contributed by atoms with Crippen LogP contribution in [0, 0.1) is 17.8 Å². The largest absolute Gasteiger partial charge is 0.388 e. The number of rotatable bonds is 13. The number of aliphatic hydroxyl groups excluding tert-OH is 2. The predicted octanol–water partition coefficient (Wildman–Crippen LogP) is 3.78. The molecule has 4 atom stereocenters. The van der Waals surface area contributed by atoms with Crippen molar-refractivity contribution in [1.82, 2.24) is 0 Å². The summed E-state index contributed by atoms with van der Waals surface area (Å²) in [7, 11) is 0. The van der Waals surface area contributed by atoms with Crippen LogP contribution in [-0.4, -0.2) is 34.5 Å². The molecule has 4 nitrogen and oxygen atoms in total. The van der Waals surface area contributed by atoms with E-state index < -0.39 is 18.5 Å². The second-order valence-corrected chi connectivity index (χ2v) is 7.28. The van der Waals surface area contributed by atoms with E-state index in [2.05, 4.69) is 26.0 Å². The molecule has 0 aromatic heterocycles. The lowest BCUT2D eigenvalue weighted by atomic mass is 9.90. The number of aliphatic hydroxyl groups is 2. The summed E-state index contributed by atoms with van der Waals surface area (Å²) >= 11 is 0. The van der Waals surface area contributed by atoms with E-state index in [0.717, 1.165) is 6.42 Å². The number of unbranched alkanes of at least 4 members (excludes halogenated alkanes) is 1. The molecule has 1 aliphatic rings. The predicted molar refractivity (Wildman–Crippen MR) is 105 cm³/mol. The molecule has 0 heterocycles. The average molecular weight is 363 g/mol. The number of carbonyl (C=O) groups excluding carboxylic acids is 2. The fraction of sp³-hybridized carbons (Fsp3) is 0.636. The van der Waals surface area contributed by atoms with Gasteiger partial charge in [-0.3, -0.25) is 9.59 Å². The molecular weight excluding hydrogens is 328 g/mol. The van der Waals surface area contributed by atoms with E-state index in [0.29, 0.717) is 25.2 Å². The summed E-state index contributed by atoms with van der Waals surface area (Å²) in [5.41, 5.74) is 0. The monoisotopic (exact) mass is 362 g/mol. The third-order valence-electron chi connectivity index (χ3n) is 4.95. The number of hydrogen-bond acceptors (Lipinski definition) is 4. The molecule has 0 radical (unpaired) electrons. The minimum atomic E-state index is -1.11. The summed E-state index contributed by atoms with van der Waals surface area (Å²) in [6.07, 6.45) is 17.1. The van der Waals surface area contributed by atoms with Crippen LogP contribution in [0.15, 0.2) is 36.5 Å². The van der Waals surface area contributed by atoms with Crippen molar-refractivity contribution in [3.63, 3.8) is 0 Å². The Morgan fingerprint density at radius 3 is 2.73 bits per heavy atom. The van der Waals surface area contributed by atoms with Crippen molar-refractivity contribution >= 4 is 11.6 Å². The van der Waals surface area contributed by atoms with E-state index >= 15 is 0 Å². The SMILES string of the molecule is CCCCC(C)C/C=C/[C@H]1C=CC(=O)[C@@H]1C/C=C\CCC(O)C(=O)CO. The van der Waals surface area contributed by atoms with Crippen LogP contribution in [0.4, 0.5) is 0 Å². The van der Waals surface area contributed by atoms with Gasteiger partial charge in [-0.25, -0.2) is 0 Å². The third kappa shape index (κ3) is 8.24. The van der Waals surface area contributed by atoms with Gasteiger partial charge in [0.2, 0.25) is 0 Å². The zero-order valence-corrected chi connectivity index (χ0v) is 16.1. The highest BCUT2D eigenvalue weighted by Crippen LogP contribution is 2.28. The number of hydrogen-bond donors (Lipinski definition) is 2. The Balaban J connectivity index is 2.38. The second kappa shape index (κ2) is 12.8. The first-order valence-corrected chi connectivity index (χ1v) is 9.84. The van der Waals surface area contributed by atoms with Gasteiger partial charge < -0.3 is 10.2 Å². The van der Waals surface area contributed by atoms with Gasteiger partial charge in [-0.15, -0.1) is 0 Å². The first kappa shape index (κ1) is 22.5. The first-order valence-electron chi connectivity index (χ1n) is 9.84. The topological polar surface area (TPSA) is 74.6 Å². The maximum Gasteiger partial charge on any atom is 0.186 e. The van der Waals surface area contributed by atoms with Crippen molar-refractivity contribution < 1.29 is 19.8 Å². The van der Waals surface area contributed by atoms with Gasteiger partial charge in [-0.2, -0.15) is 0 Å². The highest BCUT2D eigenvalue weighted by Gasteiger charge is 2.26. The Labute approximate surface area is 157 Å². The molecule has 1 rings (SSSR count). The van der Waals surface area contributed by atoms with E-state index in [1.807, 2.05) is 18.2 Å². The second-order valence-electron chi connectivity index (χ2n) is 7.28. The van der Waals surface area contributed by atoms with Gasteiger partial charge in [0.1, 0.15) is 12.7 Å². The summed E-state index contributed by atoms with van der Waals surface area (Å²) in [6, 6.07) is 0. The highest BCUT2D eigenvalue weighted by atomic mass is 16.3. The minimum Gasteiger partial charge on any atom is -0.388 e. The van der Waals surface area contributed by atoms with Gasteiger partial charge in [0.25, 0.3) is 0 Å². The van der Waals surface area contributed by atoms with Crippen LogP contribution >= 0.6 is 0 Å². The molecule has 26 heavy (non-hydrogen) atoms. The van der Waals surface area contributed by atoms with Crippen LogP contribution in [0.1, 0.15) is 58.8 Å². The summed E-state index contributed by atoms with van der Waals surface area (Å²) in [6.45, 7) is 3.85. The molecule has 0 spiro atoms. The van der Waals surface area contributed by atoms with Crippen LogP contribution < -0.4 is 0 Å². The number of carbonyl (C=O) groups is 2. The Hall–Kier alpha value is -1.52. The molecule has 146 valence electrons. The van der Waals surface area contributed by atoms with Crippen molar-refractivity contribution in [3.05, 3.63) is 36.5 Å². The van der Waals surface area contributed by atoms with Gasteiger partial charge in [0.15, 0.2) is 11.6 Å². The molecule has 0 aromatic rings. The Morgan fingerprint density at radius 2 is 2.04 bits per heavy atom. The first-order chi connectivity index (χ1) is 12.5.